The first kappa shape index (κ1) is 17.6. The molecule has 1 aliphatic heterocycles. The summed E-state index contributed by atoms with van der Waals surface area (Å²) in [6, 6.07) is 5.63. The van der Waals surface area contributed by atoms with Crippen molar-refractivity contribution in [1.82, 2.24) is 19.0 Å². The van der Waals surface area contributed by atoms with Crippen LogP contribution in [0.3, 0.4) is 0 Å². The maximum Gasteiger partial charge on any atom is 0.419 e. The second-order valence-corrected chi connectivity index (χ2v) is 7.32. The number of nitrogens with zero attached hydrogens (tertiary/aromatic N) is 4. The van der Waals surface area contributed by atoms with Gasteiger partial charge in [-0.05, 0) is 37.5 Å². The van der Waals surface area contributed by atoms with E-state index in [0.717, 1.165) is 36.3 Å². The van der Waals surface area contributed by atoms with Crippen molar-refractivity contribution in [2.75, 3.05) is 13.1 Å². The van der Waals surface area contributed by atoms with Gasteiger partial charge in [-0.3, -0.25) is 9.36 Å². The van der Waals surface area contributed by atoms with E-state index in [1.165, 1.54) is 0 Å². The minimum Gasteiger partial charge on any atom is -0.408 e. The van der Waals surface area contributed by atoms with E-state index in [4.69, 9.17) is 4.42 Å². The van der Waals surface area contributed by atoms with Crippen LogP contribution in [-0.2, 0) is 18.4 Å². The van der Waals surface area contributed by atoms with Gasteiger partial charge in [0.1, 0.15) is 5.82 Å². The average molecular weight is 368 g/mol. The Bertz CT molecular complexity index is 1030. The highest BCUT2D eigenvalue weighted by Crippen LogP contribution is 2.26. The zero-order chi connectivity index (χ0) is 19.0. The van der Waals surface area contributed by atoms with Gasteiger partial charge in [0.2, 0.25) is 5.91 Å². The minimum absolute atomic E-state index is 0.0720. The monoisotopic (exact) mass is 368 g/mol. The first-order chi connectivity index (χ1) is 13.0. The molecule has 0 bridgehead atoms. The molecule has 0 aliphatic carbocycles. The predicted octanol–water partition coefficient (Wildman–Crippen LogP) is 2.43. The number of aryl methyl sites for hydroxylation is 3. The Morgan fingerprint density at radius 3 is 3.00 bits per heavy atom. The molecule has 7 heteroatoms. The molecule has 4 rings (SSSR count). The molecular weight excluding hydrogens is 344 g/mol. The number of carbonyl (C=O) groups excluding carboxylic acids is 1. The van der Waals surface area contributed by atoms with Crippen LogP contribution in [0.2, 0.25) is 0 Å². The van der Waals surface area contributed by atoms with E-state index in [2.05, 4.69) is 4.98 Å². The molecule has 0 saturated carbocycles. The fourth-order valence-electron chi connectivity index (χ4n) is 3.93. The smallest absolute Gasteiger partial charge is 0.408 e. The molecule has 1 amide bonds. The number of aromatic nitrogens is 3. The van der Waals surface area contributed by atoms with Crippen LogP contribution in [0.5, 0.6) is 0 Å². The van der Waals surface area contributed by atoms with Crippen molar-refractivity contribution < 1.29 is 9.21 Å². The number of hydrogen-bond acceptors (Lipinski definition) is 4. The van der Waals surface area contributed by atoms with E-state index in [0.29, 0.717) is 18.7 Å². The van der Waals surface area contributed by atoms with Crippen molar-refractivity contribution >= 4 is 17.0 Å². The van der Waals surface area contributed by atoms with Crippen LogP contribution in [0, 0.1) is 6.92 Å². The van der Waals surface area contributed by atoms with Gasteiger partial charge in [-0.25, -0.2) is 9.78 Å². The summed E-state index contributed by atoms with van der Waals surface area (Å²) >= 11 is 0. The van der Waals surface area contributed by atoms with Gasteiger partial charge in [0.05, 0.1) is 5.52 Å². The van der Waals surface area contributed by atoms with Crippen LogP contribution < -0.4 is 5.76 Å². The third kappa shape index (κ3) is 3.41. The second kappa shape index (κ2) is 7.06. The van der Waals surface area contributed by atoms with Gasteiger partial charge in [0, 0.05) is 51.4 Å². The lowest BCUT2D eigenvalue weighted by Gasteiger charge is -2.32. The standard InChI is InChI=1S/C20H24N4O3/c1-14-5-6-17-16(12-14)24(20(26)27-17)10-7-18(25)23-9-3-4-15(13-23)19-21-8-11-22(19)2/h5-6,8,11-12,15H,3-4,7,9-10,13H2,1-2H3/t15-/m0/s1. The summed E-state index contributed by atoms with van der Waals surface area (Å²) in [6.07, 6.45) is 6.04. The molecule has 1 aliphatic rings. The number of amides is 1. The molecule has 27 heavy (non-hydrogen) atoms. The molecule has 0 radical (unpaired) electrons. The number of likely N-dealkylation sites (tertiary alicyclic amines) is 1. The lowest BCUT2D eigenvalue weighted by molar-refractivity contribution is -0.132. The van der Waals surface area contributed by atoms with Gasteiger partial charge in [-0.2, -0.15) is 0 Å². The van der Waals surface area contributed by atoms with Crippen LogP contribution >= 0.6 is 0 Å². The number of piperidine rings is 1. The van der Waals surface area contributed by atoms with E-state index in [-0.39, 0.29) is 18.2 Å². The number of carbonyl (C=O) groups is 1. The Morgan fingerprint density at radius 1 is 1.37 bits per heavy atom. The Morgan fingerprint density at radius 2 is 2.22 bits per heavy atom. The zero-order valence-corrected chi connectivity index (χ0v) is 15.7. The van der Waals surface area contributed by atoms with Gasteiger partial charge in [-0.1, -0.05) is 6.07 Å². The van der Waals surface area contributed by atoms with Crippen LogP contribution in [0.4, 0.5) is 0 Å². The molecule has 1 atom stereocenters. The van der Waals surface area contributed by atoms with E-state index < -0.39 is 5.76 Å². The molecular formula is C20H24N4O3. The zero-order valence-electron chi connectivity index (χ0n) is 15.7. The van der Waals surface area contributed by atoms with Crippen molar-refractivity contribution in [2.24, 2.45) is 7.05 Å². The van der Waals surface area contributed by atoms with Gasteiger partial charge < -0.3 is 13.9 Å². The van der Waals surface area contributed by atoms with Crippen LogP contribution in [0.1, 0.15) is 36.6 Å². The quantitative estimate of drug-likeness (QED) is 0.709. The van der Waals surface area contributed by atoms with Crippen LogP contribution in [0.15, 0.2) is 39.8 Å². The number of oxazole rings is 1. The highest BCUT2D eigenvalue weighted by atomic mass is 16.4. The molecule has 2 aromatic heterocycles. The Kier molecular flexibility index (Phi) is 4.59. The highest BCUT2D eigenvalue weighted by Gasteiger charge is 2.27. The Hall–Kier alpha value is -2.83. The van der Waals surface area contributed by atoms with Crippen molar-refractivity contribution in [2.45, 2.75) is 38.6 Å². The summed E-state index contributed by atoms with van der Waals surface area (Å²) in [4.78, 5) is 31.2. The molecule has 3 aromatic rings. The molecule has 3 heterocycles. The van der Waals surface area contributed by atoms with E-state index in [9.17, 15) is 9.59 Å². The second-order valence-electron chi connectivity index (χ2n) is 7.32. The first-order valence-corrected chi connectivity index (χ1v) is 9.38. The lowest BCUT2D eigenvalue weighted by atomic mass is 9.97. The topological polar surface area (TPSA) is 73.3 Å². The van der Waals surface area contributed by atoms with Gasteiger partial charge in [0.15, 0.2) is 5.58 Å². The van der Waals surface area contributed by atoms with Gasteiger partial charge in [0.25, 0.3) is 0 Å². The van der Waals surface area contributed by atoms with E-state index >= 15 is 0 Å². The highest BCUT2D eigenvalue weighted by molar-refractivity contribution is 5.77. The Balaban J connectivity index is 1.45. The number of fused-ring (bicyclic) bond motifs is 1. The average Bonchev–Trinajstić information content (AvgIpc) is 3.22. The fourth-order valence-corrected chi connectivity index (χ4v) is 3.93. The number of rotatable bonds is 4. The lowest BCUT2D eigenvalue weighted by Crippen LogP contribution is -2.40. The fraction of sp³-hybridized carbons (Fsp3) is 0.450. The molecule has 1 saturated heterocycles. The maximum absolute atomic E-state index is 12.8. The molecule has 0 N–H and O–H groups in total. The summed E-state index contributed by atoms with van der Waals surface area (Å²) < 4.78 is 8.86. The first-order valence-electron chi connectivity index (χ1n) is 9.38. The molecule has 7 nitrogen and oxygen atoms in total. The molecule has 0 unspecified atom stereocenters. The number of imidazole rings is 1. The normalized spacial score (nSPS) is 17.6. The van der Waals surface area contributed by atoms with E-state index in [1.807, 2.05) is 41.8 Å². The molecule has 0 spiro atoms. The molecule has 1 aromatic carbocycles. The SMILES string of the molecule is Cc1ccc2oc(=O)n(CCC(=O)N3CCC[C@H](c4nccn4C)C3)c2c1. The number of hydrogen-bond donors (Lipinski definition) is 0. The van der Waals surface area contributed by atoms with Crippen molar-refractivity contribution in [1.29, 1.82) is 0 Å². The Labute approximate surface area is 157 Å². The summed E-state index contributed by atoms with van der Waals surface area (Å²) in [5, 5.41) is 0. The number of benzene rings is 1. The maximum atomic E-state index is 12.8. The van der Waals surface area contributed by atoms with Crippen molar-refractivity contribution in [3.05, 3.63) is 52.5 Å². The molecule has 1 fully saturated rings. The molecule has 142 valence electrons. The summed E-state index contributed by atoms with van der Waals surface area (Å²) in [6.45, 7) is 3.75. The predicted molar refractivity (Wildman–Crippen MR) is 102 cm³/mol. The minimum atomic E-state index is -0.409. The van der Waals surface area contributed by atoms with Crippen LogP contribution in [-0.4, -0.2) is 38.0 Å². The van der Waals surface area contributed by atoms with Gasteiger partial charge >= 0.3 is 5.76 Å². The largest absolute Gasteiger partial charge is 0.419 e. The summed E-state index contributed by atoms with van der Waals surface area (Å²) in [5.41, 5.74) is 2.36. The van der Waals surface area contributed by atoms with Crippen LogP contribution in [0.25, 0.3) is 11.1 Å². The van der Waals surface area contributed by atoms with E-state index in [1.54, 1.807) is 16.8 Å². The van der Waals surface area contributed by atoms with Crippen molar-refractivity contribution in [3.8, 4) is 0 Å². The summed E-state index contributed by atoms with van der Waals surface area (Å²) in [7, 11) is 1.99. The third-order valence-corrected chi connectivity index (χ3v) is 5.37. The summed E-state index contributed by atoms with van der Waals surface area (Å²) in [5.74, 6) is 0.957. The van der Waals surface area contributed by atoms with Gasteiger partial charge in [-0.15, -0.1) is 0 Å². The van der Waals surface area contributed by atoms with Crippen molar-refractivity contribution in [3.63, 3.8) is 0 Å². The third-order valence-electron chi connectivity index (χ3n) is 5.37.